The molecule has 0 spiro atoms. The Balaban J connectivity index is 2.19. The van der Waals surface area contributed by atoms with Crippen molar-refractivity contribution in [1.29, 1.82) is 0 Å². The third-order valence-electron chi connectivity index (χ3n) is 3.25. The number of nitrogens with one attached hydrogen (secondary N) is 1. The van der Waals surface area contributed by atoms with Crippen molar-refractivity contribution in [2.24, 2.45) is 0 Å². The summed E-state index contributed by atoms with van der Waals surface area (Å²) in [6.07, 6.45) is 1.67. The fraction of sp³-hybridized carbons (Fsp3) is 0.333. The highest BCUT2D eigenvalue weighted by atomic mass is 16.5. The molecule has 0 aliphatic rings. The van der Waals surface area contributed by atoms with Gasteiger partial charge in [0.05, 0.1) is 25.5 Å². The molecule has 0 radical (unpaired) electrons. The van der Waals surface area contributed by atoms with Gasteiger partial charge in [-0.15, -0.1) is 0 Å². The summed E-state index contributed by atoms with van der Waals surface area (Å²) in [6.45, 7) is 2.98. The topological polar surface area (TPSA) is 85.6 Å². The Morgan fingerprint density at radius 1 is 1.41 bits per heavy atom. The maximum atomic E-state index is 12.3. The summed E-state index contributed by atoms with van der Waals surface area (Å²) < 4.78 is 11.9. The second kappa shape index (κ2) is 6.95. The third-order valence-corrected chi connectivity index (χ3v) is 3.25. The first-order valence-electron chi connectivity index (χ1n) is 6.76. The molecular formula is C15H19N3O4. The SMILES string of the molecule is COCCn1c(C)cnc1NC(=O)c1ccc(OC)cc1O. The van der Waals surface area contributed by atoms with Crippen LogP contribution in [0.15, 0.2) is 24.4 Å². The van der Waals surface area contributed by atoms with Crippen molar-refractivity contribution in [3.05, 3.63) is 35.7 Å². The van der Waals surface area contributed by atoms with Crippen molar-refractivity contribution >= 4 is 11.9 Å². The Morgan fingerprint density at radius 3 is 2.82 bits per heavy atom. The van der Waals surface area contributed by atoms with Gasteiger partial charge in [0.2, 0.25) is 5.95 Å². The molecule has 1 heterocycles. The first-order valence-corrected chi connectivity index (χ1v) is 6.76. The number of ether oxygens (including phenoxy) is 2. The monoisotopic (exact) mass is 305 g/mol. The van der Waals surface area contributed by atoms with Crippen molar-refractivity contribution in [3.63, 3.8) is 0 Å². The van der Waals surface area contributed by atoms with Gasteiger partial charge in [-0.3, -0.25) is 10.1 Å². The summed E-state index contributed by atoms with van der Waals surface area (Å²) >= 11 is 0. The molecule has 1 aromatic carbocycles. The Labute approximate surface area is 128 Å². The van der Waals surface area contributed by atoms with Crippen molar-refractivity contribution in [3.8, 4) is 11.5 Å². The van der Waals surface area contributed by atoms with Gasteiger partial charge < -0.3 is 19.1 Å². The average Bonchev–Trinajstić information content (AvgIpc) is 2.85. The van der Waals surface area contributed by atoms with Crippen LogP contribution >= 0.6 is 0 Å². The minimum Gasteiger partial charge on any atom is -0.507 e. The molecule has 0 saturated carbocycles. The number of aromatic nitrogens is 2. The van der Waals surface area contributed by atoms with Crippen LogP contribution in [-0.4, -0.2) is 41.4 Å². The fourth-order valence-corrected chi connectivity index (χ4v) is 2.02. The quantitative estimate of drug-likeness (QED) is 0.850. The van der Waals surface area contributed by atoms with E-state index in [0.717, 1.165) is 5.69 Å². The molecular weight excluding hydrogens is 286 g/mol. The molecule has 7 heteroatoms. The lowest BCUT2D eigenvalue weighted by atomic mass is 10.2. The lowest BCUT2D eigenvalue weighted by molar-refractivity contribution is 0.102. The number of phenolic OH excluding ortho intramolecular Hbond substituents is 1. The zero-order chi connectivity index (χ0) is 16.1. The van der Waals surface area contributed by atoms with Gasteiger partial charge in [0, 0.05) is 25.4 Å². The van der Waals surface area contributed by atoms with E-state index in [1.807, 2.05) is 11.5 Å². The number of aryl methyl sites for hydroxylation is 1. The number of aromatic hydroxyl groups is 1. The van der Waals surface area contributed by atoms with Crippen molar-refractivity contribution in [2.45, 2.75) is 13.5 Å². The summed E-state index contributed by atoms with van der Waals surface area (Å²) in [5.74, 6) is 0.300. The number of benzene rings is 1. The van der Waals surface area contributed by atoms with Crippen LogP contribution in [-0.2, 0) is 11.3 Å². The van der Waals surface area contributed by atoms with Gasteiger partial charge in [0.1, 0.15) is 11.5 Å². The normalized spacial score (nSPS) is 10.5. The van der Waals surface area contributed by atoms with E-state index < -0.39 is 5.91 Å². The van der Waals surface area contributed by atoms with Crippen LogP contribution < -0.4 is 10.1 Å². The minimum absolute atomic E-state index is 0.149. The average molecular weight is 305 g/mol. The van der Waals surface area contributed by atoms with Crippen molar-refractivity contribution in [2.75, 3.05) is 26.1 Å². The van der Waals surface area contributed by atoms with E-state index in [2.05, 4.69) is 10.3 Å². The highest BCUT2D eigenvalue weighted by molar-refractivity contribution is 6.05. The molecule has 0 bridgehead atoms. The number of phenols is 1. The van der Waals surface area contributed by atoms with Crippen LogP contribution in [0.5, 0.6) is 11.5 Å². The largest absolute Gasteiger partial charge is 0.507 e. The van der Waals surface area contributed by atoms with Crippen molar-refractivity contribution in [1.82, 2.24) is 9.55 Å². The summed E-state index contributed by atoms with van der Waals surface area (Å²) in [7, 11) is 3.10. The van der Waals surface area contributed by atoms with Gasteiger partial charge in [-0.05, 0) is 19.1 Å². The maximum Gasteiger partial charge on any atom is 0.261 e. The number of anilines is 1. The predicted octanol–water partition coefficient (Wildman–Crippen LogP) is 1.80. The number of nitrogens with zero attached hydrogens (tertiary/aromatic N) is 2. The number of hydrogen-bond donors (Lipinski definition) is 2. The number of carbonyl (C=O) groups is 1. The molecule has 2 N–H and O–H groups in total. The van der Waals surface area contributed by atoms with Crippen LogP contribution in [0, 0.1) is 6.92 Å². The van der Waals surface area contributed by atoms with Crippen LogP contribution in [0.2, 0.25) is 0 Å². The summed E-state index contributed by atoms with van der Waals surface area (Å²) in [5.41, 5.74) is 1.06. The van der Waals surface area contributed by atoms with Gasteiger partial charge in [0.15, 0.2) is 0 Å². The highest BCUT2D eigenvalue weighted by Crippen LogP contribution is 2.24. The molecule has 2 rings (SSSR count). The first-order chi connectivity index (χ1) is 10.6. The van der Waals surface area contributed by atoms with E-state index >= 15 is 0 Å². The number of hydrogen-bond acceptors (Lipinski definition) is 5. The van der Waals surface area contributed by atoms with Gasteiger partial charge in [-0.1, -0.05) is 0 Å². The molecule has 0 aliphatic carbocycles. The molecule has 0 unspecified atom stereocenters. The molecule has 22 heavy (non-hydrogen) atoms. The number of methoxy groups -OCH3 is 2. The second-order valence-corrected chi connectivity index (χ2v) is 4.70. The Kier molecular flexibility index (Phi) is 5.00. The fourth-order valence-electron chi connectivity index (χ4n) is 2.02. The first kappa shape index (κ1) is 15.8. The molecule has 7 nitrogen and oxygen atoms in total. The van der Waals surface area contributed by atoms with Crippen molar-refractivity contribution < 1.29 is 19.4 Å². The second-order valence-electron chi connectivity index (χ2n) is 4.70. The molecule has 0 atom stereocenters. The van der Waals surface area contributed by atoms with Crippen LogP contribution in [0.4, 0.5) is 5.95 Å². The Hall–Kier alpha value is -2.54. The van der Waals surface area contributed by atoms with E-state index in [1.54, 1.807) is 19.4 Å². The molecule has 0 saturated heterocycles. The highest BCUT2D eigenvalue weighted by Gasteiger charge is 2.15. The van der Waals surface area contributed by atoms with Crippen LogP contribution in [0.3, 0.4) is 0 Å². The number of rotatable bonds is 6. The smallest absolute Gasteiger partial charge is 0.261 e. The maximum absolute atomic E-state index is 12.3. The van der Waals surface area contributed by atoms with E-state index in [1.165, 1.54) is 19.2 Å². The van der Waals surface area contributed by atoms with E-state index in [-0.39, 0.29) is 11.3 Å². The summed E-state index contributed by atoms with van der Waals surface area (Å²) in [4.78, 5) is 16.4. The Morgan fingerprint density at radius 2 is 2.18 bits per heavy atom. The lowest BCUT2D eigenvalue weighted by Crippen LogP contribution is -2.17. The van der Waals surface area contributed by atoms with Crippen LogP contribution in [0.1, 0.15) is 16.1 Å². The molecule has 2 aromatic rings. The summed E-state index contributed by atoms with van der Waals surface area (Å²) in [6, 6.07) is 4.49. The molecule has 118 valence electrons. The van der Waals surface area contributed by atoms with Gasteiger partial charge >= 0.3 is 0 Å². The lowest BCUT2D eigenvalue weighted by Gasteiger charge is -2.11. The minimum atomic E-state index is -0.440. The van der Waals surface area contributed by atoms with E-state index in [4.69, 9.17) is 9.47 Å². The van der Waals surface area contributed by atoms with Gasteiger partial charge in [0.25, 0.3) is 5.91 Å². The molecule has 0 fully saturated rings. The van der Waals surface area contributed by atoms with Gasteiger partial charge in [-0.25, -0.2) is 4.98 Å². The molecule has 1 amide bonds. The number of imidazole rings is 1. The Bertz CT molecular complexity index is 667. The van der Waals surface area contributed by atoms with E-state index in [9.17, 15) is 9.90 Å². The van der Waals surface area contributed by atoms with E-state index in [0.29, 0.717) is 24.8 Å². The van der Waals surface area contributed by atoms with Crippen LogP contribution in [0.25, 0.3) is 0 Å². The predicted molar refractivity (Wildman–Crippen MR) is 81.5 cm³/mol. The molecule has 1 aromatic heterocycles. The zero-order valence-corrected chi connectivity index (χ0v) is 12.8. The molecule has 0 aliphatic heterocycles. The zero-order valence-electron chi connectivity index (χ0n) is 12.8. The number of amides is 1. The number of carbonyl (C=O) groups excluding carboxylic acids is 1. The third kappa shape index (κ3) is 3.37. The summed E-state index contributed by atoms with van der Waals surface area (Å²) in [5, 5.41) is 12.6. The standard InChI is InChI=1S/C15H19N3O4/c1-10-9-16-15(18(10)6-7-21-2)17-14(20)12-5-4-11(22-3)8-13(12)19/h4-5,8-9,19H,6-7H2,1-3H3,(H,16,17,20). The van der Waals surface area contributed by atoms with Gasteiger partial charge in [-0.2, -0.15) is 0 Å².